The van der Waals surface area contributed by atoms with Gasteiger partial charge in [0.15, 0.2) is 0 Å². The molecule has 0 saturated carbocycles. The minimum atomic E-state index is -0.798. The number of pyridine rings is 2. The van der Waals surface area contributed by atoms with E-state index in [4.69, 9.17) is 11.6 Å². The number of hydrogen-bond donors (Lipinski definition) is 1. The van der Waals surface area contributed by atoms with E-state index in [1.165, 1.54) is 0 Å². The first kappa shape index (κ1) is 33.8. The van der Waals surface area contributed by atoms with E-state index in [1.54, 1.807) is 84.0 Å². The average molecular weight is 587 g/mol. The van der Waals surface area contributed by atoms with Crippen LogP contribution in [0.5, 0.6) is 0 Å². The molecule has 0 radical (unpaired) electrons. The van der Waals surface area contributed by atoms with Crippen LogP contribution in [0.2, 0.25) is 5.02 Å². The first-order valence-electron chi connectivity index (χ1n) is 14.4. The van der Waals surface area contributed by atoms with Crippen LogP contribution in [0.25, 0.3) is 0 Å². The Morgan fingerprint density at radius 2 is 1.48 bits per heavy atom. The maximum Gasteiger partial charge on any atom is 0.256 e. The summed E-state index contributed by atoms with van der Waals surface area (Å²) >= 11 is 6.12. The lowest BCUT2D eigenvalue weighted by Gasteiger charge is -2.28. The second kappa shape index (κ2) is 17.5. The van der Waals surface area contributed by atoms with E-state index < -0.39 is 6.04 Å². The summed E-state index contributed by atoms with van der Waals surface area (Å²) in [5, 5.41) is 3.28. The number of hydrogen-bond acceptors (Lipinski definition) is 5. The molecule has 7 nitrogen and oxygen atoms in total. The van der Waals surface area contributed by atoms with Gasteiger partial charge in [0.2, 0.25) is 11.7 Å². The van der Waals surface area contributed by atoms with E-state index in [9.17, 15) is 14.4 Å². The van der Waals surface area contributed by atoms with E-state index in [-0.39, 0.29) is 30.6 Å². The fraction of sp³-hybridized carbons (Fsp3) is 0.265. The maximum atomic E-state index is 13.7. The second-order valence-electron chi connectivity index (χ2n) is 8.39. The van der Waals surface area contributed by atoms with Crippen LogP contribution in [0.1, 0.15) is 79.2 Å². The Kier molecular flexibility index (Phi) is 14.1. The highest BCUT2D eigenvalue weighted by molar-refractivity contribution is 6.31. The van der Waals surface area contributed by atoms with Crippen molar-refractivity contribution in [2.45, 2.75) is 60.5 Å². The molecule has 1 N–H and O–H groups in total. The summed E-state index contributed by atoms with van der Waals surface area (Å²) in [4.78, 5) is 49.7. The number of amides is 2. The second-order valence-corrected chi connectivity index (χ2v) is 8.83. The largest absolute Gasteiger partial charge is 0.323 e. The van der Waals surface area contributed by atoms with Crippen molar-refractivity contribution in [1.29, 1.82) is 0 Å². The third-order valence-electron chi connectivity index (χ3n) is 6.00. The summed E-state index contributed by atoms with van der Waals surface area (Å²) in [5.41, 5.74) is 3.05. The molecular weight excluding hydrogens is 548 g/mol. The molecule has 2 aromatic heterocycles. The lowest BCUT2D eigenvalue weighted by Crippen LogP contribution is -2.46. The number of rotatable bonds is 6. The number of carbonyl (C=O) groups excluding carboxylic acids is 3. The number of halogens is 1. The van der Waals surface area contributed by atoms with Gasteiger partial charge >= 0.3 is 0 Å². The van der Waals surface area contributed by atoms with Crippen molar-refractivity contribution in [2.75, 3.05) is 5.32 Å². The molecule has 2 aromatic carbocycles. The van der Waals surface area contributed by atoms with Crippen molar-refractivity contribution < 1.29 is 14.4 Å². The molecule has 220 valence electrons. The molecule has 4 aromatic rings. The molecule has 42 heavy (non-hydrogen) atoms. The van der Waals surface area contributed by atoms with Crippen LogP contribution < -0.4 is 5.32 Å². The molecule has 0 aliphatic carbocycles. The topological polar surface area (TPSA) is 92.3 Å². The monoisotopic (exact) mass is 586 g/mol. The molecule has 1 unspecified atom stereocenters. The van der Waals surface area contributed by atoms with Gasteiger partial charge in [-0.05, 0) is 48.0 Å². The van der Waals surface area contributed by atoms with E-state index in [0.29, 0.717) is 33.2 Å². The molecule has 0 saturated heterocycles. The van der Waals surface area contributed by atoms with E-state index >= 15 is 0 Å². The SMILES string of the molecule is CC.CC.CC.O=C(c1ccc(CN2C(=O)c3ccc(Cl)cc3NC(=O)C2Cc2ccccn2)cc1)c1ccccn1. The molecule has 3 heterocycles. The zero-order valence-corrected chi connectivity index (χ0v) is 25.9. The van der Waals surface area contributed by atoms with Gasteiger partial charge in [-0.3, -0.25) is 24.4 Å². The number of aromatic nitrogens is 2. The highest BCUT2D eigenvalue weighted by Gasteiger charge is 2.36. The molecule has 0 spiro atoms. The Morgan fingerprint density at radius 1 is 0.833 bits per heavy atom. The number of carbonyl (C=O) groups is 3. The summed E-state index contributed by atoms with van der Waals surface area (Å²) in [6.07, 6.45) is 3.47. The number of nitrogens with one attached hydrogen (secondary N) is 1. The van der Waals surface area contributed by atoms with Gasteiger partial charge in [0.25, 0.3) is 5.91 Å². The highest BCUT2D eigenvalue weighted by Crippen LogP contribution is 2.28. The molecule has 1 atom stereocenters. The molecule has 0 fully saturated rings. The Morgan fingerprint density at radius 3 is 2.07 bits per heavy atom. The summed E-state index contributed by atoms with van der Waals surface area (Å²) in [7, 11) is 0. The smallest absolute Gasteiger partial charge is 0.256 e. The lowest BCUT2D eigenvalue weighted by molar-refractivity contribution is -0.120. The van der Waals surface area contributed by atoms with Crippen LogP contribution in [0.3, 0.4) is 0 Å². The number of anilines is 1. The fourth-order valence-corrected chi connectivity index (χ4v) is 4.34. The zero-order chi connectivity index (χ0) is 31.1. The van der Waals surface area contributed by atoms with Crippen LogP contribution in [0.15, 0.2) is 91.3 Å². The molecular formula is C34H39ClN4O3. The third kappa shape index (κ3) is 8.57. The van der Waals surface area contributed by atoms with Crippen molar-refractivity contribution in [3.63, 3.8) is 0 Å². The minimum Gasteiger partial charge on any atom is -0.323 e. The van der Waals surface area contributed by atoms with Gasteiger partial charge in [0, 0.05) is 41.6 Å². The van der Waals surface area contributed by atoms with Crippen molar-refractivity contribution in [3.05, 3.63) is 124 Å². The number of fused-ring (bicyclic) bond motifs is 1. The normalized spacial score (nSPS) is 13.4. The van der Waals surface area contributed by atoms with Crippen LogP contribution in [0, 0.1) is 0 Å². The van der Waals surface area contributed by atoms with Gasteiger partial charge in [-0.25, -0.2) is 0 Å². The molecule has 5 rings (SSSR count). The molecule has 1 aliphatic rings. The Balaban J connectivity index is 0.000000966. The highest BCUT2D eigenvalue weighted by atomic mass is 35.5. The third-order valence-corrected chi connectivity index (χ3v) is 6.24. The summed E-state index contributed by atoms with van der Waals surface area (Å²) in [6, 6.07) is 21.6. The number of ketones is 1. The average Bonchev–Trinajstić information content (AvgIpc) is 3.14. The summed E-state index contributed by atoms with van der Waals surface area (Å²) in [6.45, 7) is 12.2. The van der Waals surface area contributed by atoms with Crippen LogP contribution in [-0.2, 0) is 17.8 Å². The number of benzene rings is 2. The van der Waals surface area contributed by atoms with Gasteiger partial charge in [-0.2, -0.15) is 0 Å². The first-order chi connectivity index (χ1) is 20.5. The Hall–Kier alpha value is -4.36. The van der Waals surface area contributed by atoms with Crippen LogP contribution in [0.4, 0.5) is 5.69 Å². The van der Waals surface area contributed by atoms with Gasteiger partial charge in [-0.1, -0.05) is 89.5 Å². The lowest BCUT2D eigenvalue weighted by atomic mass is 10.0. The van der Waals surface area contributed by atoms with Crippen molar-refractivity contribution in [3.8, 4) is 0 Å². The van der Waals surface area contributed by atoms with Gasteiger partial charge in [0.1, 0.15) is 11.7 Å². The van der Waals surface area contributed by atoms with Gasteiger partial charge < -0.3 is 10.2 Å². The minimum absolute atomic E-state index is 0.171. The van der Waals surface area contributed by atoms with E-state index in [2.05, 4.69) is 15.3 Å². The summed E-state index contributed by atoms with van der Waals surface area (Å²) < 4.78 is 0. The molecule has 2 amide bonds. The van der Waals surface area contributed by atoms with Crippen LogP contribution >= 0.6 is 11.6 Å². The summed E-state index contributed by atoms with van der Waals surface area (Å²) in [5.74, 6) is -0.808. The van der Waals surface area contributed by atoms with E-state index in [1.807, 2.05) is 53.7 Å². The Bertz CT molecular complexity index is 1430. The predicted octanol–water partition coefficient (Wildman–Crippen LogP) is 7.65. The van der Waals surface area contributed by atoms with Crippen molar-refractivity contribution >= 4 is 34.9 Å². The van der Waals surface area contributed by atoms with E-state index in [0.717, 1.165) is 5.56 Å². The first-order valence-corrected chi connectivity index (χ1v) is 14.7. The van der Waals surface area contributed by atoms with Crippen LogP contribution in [-0.4, -0.2) is 38.5 Å². The molecule has 8 heteroatoms. The predicted molar refractivity (Wildman–Crippen MR) is 170 cm³/mol. The van der Waals surface area contributed by atoms with Crippen molar-refractivity contribution in [2.24, 2.45) is 0 Å². The maximum absolute atomic E-state index is 13.7. The molecule has 1 aliphatic heterocycles. The zero-order valence-electron chi connectivity index (χ0n) is 25.1. The van der Waals surface area contributed by atoms with Crippen molar-refractivity contribution in [1.82, 2.24) is 14.9 Å². The quantitative estimate of drug-likeness (QED) is 0.234. The van der Waals surface area contributed by atoms with Gasteiger partial charge in [-0.15, -0.1) is 0 Å². The Labute approximate surface area is 254 Å². The standard InChI is InChI=1S/C28H21ClN4O3.3C2H6/c29-20-11-12-22-24(15-20)32-27(35)25(16-21-5-1-3-13-30-21)33(28(22)36)17-18-7-9-19(10-8-18)26(34)23-6-2-4-14-31-23;3*1-2/h1-15,25H,16-17H2,(H,32,35);3*1-2H3. The number of nitrogens with zero attached hydrogens (tertiary/aromatic N) is 3. The van der Waals surface area contributed by atoms with Gasteiger partial charge in [0.05, 0.1) is 11.3 Å². The molecule has 0 bridgehead atoms. The fourth-order valence-electron chi connectivity index (χ4n) is 4.17.